The van der Waals surface area contributed by atoms with Crippen molar-refractivity contribution in [2.75, 3.05) is 0 Å². The van der Waals surface area contributed by atoms with E-state index in [-0.39, 0.29) is 0 Å². The zero-order valence-electron chi connectivity index (χ0n) is 65.3. The number of nitrogens with zero attached hydrogens (tertiary/aromatic N) is 6. The van der Waals surface area contributed by atoms with Crippen molar-refractivity contribution in [1.29, 1.82) is 0 Å². The Labute approximate surface area is 697 Å². The fourth-order valence-electron chi connectivity index (χ4n) is 18.5. The van der Waals surface area contributed by atoms with Crippen LogP contribution in [0.1, 0.15) is 0 Å². The van der Waals surface area contributed by atoms with Gasteiger partial charge in [0.05, 0.1) is 5.56 Å². The first-order chi connectivity index (χ1) is 60.4. The van der Waals surface area contributed by atoms with E-state index in [2.05, 4.69) is 297 Å². The van der Waals surface area contributed by atoms with Gasteiger partial charge in [-0.15, -0.1) is 0 Å². The number of rotatable bonds is 12. The van der Waals surface area contributed by atoms with E-state index in [4.69, 9.17) is 47.6 Å². The molecular weight excluding hydrogens is 1490 g/mol. The lowest BCUT2D eigenvalue weighted by Gasteiger charge is -2.13. The maximum absolute atomic E-state index is 6.97. The molecule has 0 saturated heterocycles. The van der Waals surface area contributed by atoms with Gasteiger partial charge in [-0.2, -0.15) is 0 Å². The van der Waals surface area contributed by atoms with E-state index in [0.29, 0.717) is 46.1 Å². The van der Waals surface area contributed by atoms with Crippen LogP contribution in [0.5, 0.6) is 0 Å². The minimum absolute atomic E-state index is 0.480. The predicted molar refractivity (Wildman–Crippen MR) is 498 cm³/mol. The third-order valence-electron chi connectivity index (χ3n) is 24.4. The normalized spacial score (nSPS) is 11.9. The molecule has 19 aromatic carbocycles. The van der Waals surface area contributed by atoms with Crippen LogP contribution in [0.2, 0.25) is 0 Å². The molecule has 0 amide bonds. The van der Waals surface area contributed by atoms with Crippen LogP contribution in [0.3, 0.4) is 0 Å². The van der Waals surface area contributed by atoms with Gasteiger partial charge in [0, 0.05) is 70.9 Å². The smallest absolute Gasteiger partial charge is 0.167 e. The molecule has 6 heterocycles. The first kappa shape index (κ1) is 68.6. The molecular formula is C112H64N6O4. The van der Waals surface area contributed by atoms with Crippen molar-refractivity contribution < 1.29 is 17.7 Å². The molecule has 6 aromatic heterocycles. The zero-order chi connectivity index (χ0) is 80.0. The van der Waals surface area contributed by atoms with Crippen LogP contribution in [0, 0.1) is 0 Å². The summed E-state index contributed by atoms with van der Waals surface area (Å²) in [6.45, 7) is 0. The van der Waals surface area contributed by atoms with E-state index in [1.165, 1.54) is 48.7 Å². The molecule has 10 nitrogen and oxygen atoms in total. The highest BCUT2D eigenvalue weighted by atomic mass is 16.3. The number of para-hydroxylation sites is 1. The second-order valence-electron chi connectivity index (χ2n) is 31.4. The molecule has 122 heavy (non-hydrogen) atoms. The van der Waals surface area contributed by atoms with E-state index in [9.17, 15) is 0 Å². The highest BCUT2D eigenvalue weighted by Gasteiger charge is 2.26. The van der Waals surface area contributed by atoms with Crippen molar-refractivity contribution in [2.45, 2.75) is 0 Å². The van der Waals surface area contributed by atoms with E-state index < -0.39 is 0 Å². The van der Waals surface area contributed by atoms with Crippen molar-refractivity contribution in [3.63, 3.8) is 0 Å². The summed E-state index contributed by atoms with van der Waals surface area (Å²) in [4.78, 5) is 32.2. The van der Waals surface area contributed by atoms with Crippen LogP contribution in [0.25, 0.3) is 266 Å². The average molecular weight is 1560 g/mol. The van der Waals surface area contributed by atoms with Crippen LogP contribution in [-0.2, 0) is 0 Å². The minimum atomic E-state index is 0.480. The molecule has 0 unspecified atom stereocenters. The van der Waals surface area contributed by atoms with Gasteiger partial charge in [0.15, 0.2) is 34.9 Å². The molecule has 10 heteroatoms. The third-order valence-corrected chi connectivity index (χ3v) is 24.4. The van der Waals surface area contributed by atoms with Gasteiger partial charge in [-0.25, -0.2) is 29.9 Å². The Morgan fingerprint density at radius 2 is 0.467 bits per heavy atom. The molecule has 0 fully saturated rings. The van der Waals surface area contributed by atoms with Gasteiger partial charge in [0.1, 0.15) is 44.7 Å². The first-order valence-electron chi connectivity index (χ1n) is 41.0. The number of hydrogen-bond acceptors (Lipinski definition) is 10. The molecule has 25 aromatic rings. The van der Waals surface area contributed by atoms with Gasteiger partial charge >= 0.3 is 0 Å². The van der Waals surface area contributed by atoms with Crippen molar-refractivity contribution in [3.05, 3.63) is 388 Å². The molecule has 0 bridgehead atoms. The predicted octanol–water partition coefficient (Wildman–Crippen LogP) is 30.3. The van der Waals surface area contributed by atoms with Crippen LogP contribution in [-0.4, -0.2) is 29.9 Å². The van der Waals surface area contributed by atoms with Crippen molar-refractivity contribution in [2.24, 2.45) is 0 Å². The molecule has 0 N–H and O–H groups in total. The first-order valence-corrected chi connectivity index (χ1v) is 41.0. The number of aromatic nitrogens is 6. The number of fused-ring (bicyclic) bond motifs is 18. The molecule has 566 valence electrons. The number of hydrogen-bond donors (Lipinski definition) is 0. The summed E-state index contributed by atoms with van der Waals surface area (Å²) >= 11 is 0. The zero-order valence-corrected chi connectivity index (χ0v) is 65.3. The fraction of sp³-hybridized carbons (Fsp3) is 0. The summed E-state index contributed by atoms with van der Waals surface area (Å²) < 4.78 is 27.3. The molecule has 0 aliphatic carbocycles. The fourth-order valence-corrected chi connectivity index (χ4v) is 18.5. The van der Waals surface area contributed by atoms with Gasteiger partial charge in [-0.05, 0) is 195 Å². The Morgan fingerprint density at radius 1 is 0.139 bits per heavy atom. The van der Waals surface area contributed by atoms with E-state index in [1.54, 1.807) is 0 Å². The maximum atomic E-state index is 6.97. The summed E-state index contributed by atoms with van der Waals surface area (Å²) in [5.74, 6) is 3.13. The van der Waals surface area contributed by atoms with Crippen LogP contribution in [0.15, 0.2) is 406 Å². The lowest BCUT2D eigenvalue weighted by molar-refractivity contribution is 0.668. The molecule has 0 atom stereocenters. The van der Waals surface area contributed by atoms with Crippen LogP contribution >= 0.6 is 0 Å². The van der Waals surface area contributed by atoms with Gasteiger partial charge in [-0.1, -0.05) is 303 Å². The third kappa shape index (κ3) is 11.3. The standard InChI is InChI=1S/C112H64N6O4/c1-3-21-69(22-4-1)107-113-109(88-29-13-11-27-83(88)86-32-17-37-100-104(86)95-63-75(52-58-98(95)120-100)72-48-54-82-78(60-72)46-44-68-20-8-10-26-80(68)82)117-111(115-107)91-34-18-38-101-105(91)90-55-49-76(64-102(90)121-101)74-51-56-96-93(61-74)87-33-15-35-92(106(87)122-96)112-116-108(70-23-5-2-6-24-70)114-110(118-112)89-30-14-12-28-84(89)85-31-16-36-99-103(85)94-62-73(50-57-97(94)119-99)66-41-39-65(40-42-66)71-47-53-81-77(59-71)45-43-67-19-7-9-25-79(67)81/h1-64H. The summed E-state index contributed by atoms with van der Waals surface area (Å²) in [6.07, 6.45) is 0. The lowest BCUT2D eigenvalue weighted by atomic mass is 9.93. The van der Waals surface area contributed by atoms with E-state index >= 15 is 0 Å². The highest BCUT2D eigenvalue weighted by molar-refractivity contribution is 6.19. The van der Waals surface area contributed by atoms with Crippen LogP contribution in [0.4, 0.5) is 0 Å². The molecule has 25 rings (SSSR count). The largest absolute Gasteiger partial charge is 0.456 e. The summed E-state index contributed by atoms with van der Waals surface area (Å²) in [6, 6.07) is 136. The average Bonchev–Trinajstić information content (AvgIpc) is 1.56. The monoisotopic (exact) mass is 1560 g/mol. The Kier molecular flexibility index (Phi) is 15.5. The Hall–Kier alpha value is -16.6. The van der Waals surface area contributed by atoms with Crippen LogP contribution < -0.4 is 0 Å². The highest BCUT2D eigenvalue weighted by Crippen LogP contribution is 2.48. The topological polar surface area (TPSA) is 130 Å². The Morgan fingerprint density at radius 3 is 1.00 bits per heavy atom. The van der Waals surface area contributed by atoms with E-state index in [1.807, 2.05) is 91.0 Å². The summed E-state index contributed by atoms with van der Waals surface area (Å²) in [5.41, 5.74) is 23.6. The van der Waals surface area contributed by atoms with Crippen molar-refractivity contribution >= 4 is 131 Å². The molecule has 0 saturated carbocycles. The van der Waals surface area contributed by atoms with Crippen molar-refractivity contribution in [3.8, 4) is 135 Å². The van der Waals surface area contributed by atoms with Gasteiger partial charge in [0.2, 0.25) is 0 Å². The van der Waals surface area contributed by atoms with Gasteiger partial charge < -0.3 is 17.7 Å². The van der Waals surface area contributed by atoms with Gasteiger partial charge in [0.25, 0.3) is 0 Å². The molecule has 0 radical (unpaired) electrons. The Balaban J connectivity index is 0.552. The van der Waals surface area contributed by atoms with Gasteiger partial charge in [-0.3, -0.25) is 0 Å². The maximum Gasteiger partial charge on any atom is 0.167 e. The molecule has 0 aliphatic rings. The molecule has 0 spiro atoms. The SMILES string of the molecule is c1ccc(-c2nc(-c3ccccc3-c3cccc4oc5ccc(-c6ccc(-c7ccc8c(ccc9ccccc98)c7)cc6)cc5c34)nc(-c3cccc4c3oc3ccc(-c5ccc6c(c5)oc5cccc(-c7nc(-c8ccccc8)nc(-c8ccccc8-c8cccc9oc%10ccc(-c%11ccc%12c(ccc%13ccccc%13%12)c%11)cc%10c89)n7)c56)cc34)n2)cc1. The number of furan rings is 4. The van der Waals surface area contributed by atoms with Crippen molar-refractivity contribution in [1.82, 2.24) is 29.9 Å². The summed E-state index contributed by atoms with van der Waals surface area (Å²) in [5, 5.41) is 17.6. The number of benzene rings is 19. The minimum Gasteiger partial charge on any atom is -0.456 e. The second-order valence-corrected chi connectivity index (χ2v) is 31.4. The Bertz CT molecular complexity index is 8660. The lowest BCUT2D eigenvalue weighted by Crippen LogP contribution is -2.01. The second kappa shape index (κ2) is 27.5. The quantitative estimate of drug-likeness (QED) is 0.109. The van der Waals surface area contributed by atoms with E-state index in [0.717, 1.165) is 171 Å². The summed E-state index contributed by atoms with van der Waals surface area (Å²) in [7, 11) is 0. The molecule has 0 aliphatic heterocycles.